The Morgan fingerprint density at radius 1 is 1.45 bits per heavy atom. The third kappa shape index (κ3) is 3.36. The predicted molar refractivity (Wildman–Crippen MR) is 77.2 cm³/mol. The van der Waals surface area contributed by atoms with Crippen LogP contribution in [0.15, 0.2) is 22.8 Å². The summed E-state index contributed by atoms with van der Waals surface area (Å²) in [5, 5.41) is 9.57. The number of nitrogens with zero attached hydrogens (tertiary/aromatic N) is 1. The number of hydrogen-bond donors (Lipinski definition) is 1. The van der Waals surface area contributed by atoms with Crippen LogP contribution in [0.5, 0.6) is 0 Å². The summed E-state index contributed by atoms with van der Waals surface area (Å²) in [6.07, 6.45) is 1.58. The highest BCUT2D eigenvalue weighted by Gasteiger charge is 2.50. The van der Waals surface area contributed by atoms with E-state index in [-0.39, 0.29) is 13.0 Å². The minimum atomic E-state index is -1.61. The first-order valence-electron chi connectivity index (χ1n) is 6.35. The predicted octanol–water partition coefficient (Wildman–Crippen LogP) is 2.68. The van der Waals surface area contributed by atoms with E-state index in [1.54, 1.807) is 39.1 Å². The van der Waals surface area contributed by atoms with Gasteiger partial charge in [-0.2, -0.15) is 0 Å². The number of pyridine rings is 1. The SMILES string of the molecule is CCOC(=O)C(Cc1ccc(Br)cn1)(C(=O)O)C(C)C. The molecule has 0 saturated heterocycles. The second kappa shape index (κ2) is 6.83. The van der Waals surface area contributed by atoms with Crippen LogP contribution in [0.4, 0.5) is 0 Å². The maximum Gasteiger partial charge on any atom is 0.324 e. The lowest BCUT2D eigenvalue weighted by atomic mass is 9.73. The van der Waals surface area contributed by atoms with E-state index >= 15 is 0 Å². The lowest BCUT2D eigenvalue weighted by Crippen LogP contribution is -2.47. The number of hydrogen-bond acceptors (Lipinski definition) is 4. The molecule has 0 saturated carbocycles. The van der Waals surface area contributed by atoms with Gasteiger partial charge < -0.3 is 9.84 Å². The third-order valence-corrected chi connectivity index (χ3v) is 3.72. The smallest absolute Gasteiger partial charge is 0.324 e. The monoisotopic (exact) mass is 343 g/mol. The zero-order chi connectivity index (χ0) is 15.3. The molecule has 0 aliphatic rings. The van der Waals surface area contributed by atoms with Gasteiger partial charge in [0, 0.05) is 22.8 Å². The maximum atomic E-state index is 12.2. The Hall–Kier alpha value is -1.43. The van der Waals surface area contributed by atoms with Crippen LogP contribution >= 0.6 is 15.9 Å². The van der Waals surface area contributed by atoms with Crippen molar-refractivity contribution in [3.8, 4) is 0 Å². The highest BCUT2D eigenvalue weighted by Crippen LogP contribution is 2.34. The Bertz CT molecular complexity index is 486. The van der Waals surface area contributed by atoms with Crippen molar-refractivity contribution in [2.45, 2.75) is 27.2 Å². The van der Waals surface area contributed by atoms with E-state index in [9.17, 15) is 14.7 Å². The molecule has 110 valence electrons. The molecular formula is C14H18BrNO4. The first kappa shape index (κ1) is 16.6. The zero-order valence-electron chi connectivity index (χ0n) is 11.7. The van der Waals surface area contributed by atoms with Gasteiger partial charge in [-0.15, -0.1) is 0 Å². The summed E-state index contributed by atoms with van der Waals surface area (Å²) >= 11 is 3.27. The average molecular weight is 344 g/mol. The van der Waals surface area contributed by atoms with Crippen molar-refractivity contribution in [3.05, 3.63) is 28.5 Å². The second-order valence-corrected chi connectivity index (χ2v) is 5.71. The molecule has 0 bridgehead atoms. The maximum absolute atomic E-state index is 12.2. The van der Waals surface area contributed by atoms with E-state index in [1.165, 1.54) is 0 Å². The van der Waals surface area contributed by atoms with E-state index < -0.39 is 23.3 Å². The van der Waals surface area contributed by atoms with Crippen molar-refractivity contribution in [2.75, 3.05) is 6.61 Å². The summed E-state index contributed by atoms with van der Waals surface area (Å²) in [5.74, 6) is -2.31. The van der Waals surface area contributed by atoms with E-state index in [2.05, 4.69) is 20.9 Å². The third-order valence-electron chi connectivity index (χ3n) is 3.26. The normalized spacial score (nSPS) is 13.8. The molecule has 1 heterocycles. The van der Waals surface area contributed by atoms with Gasteiger partial charge >= 0.3 is 11.9 Å². The molecule has 6 heteroatoms. The molecule has 1 rings (SSSR count). The summed E-state index contributed by atoms with van der Waals surface area (Å²) in [4.78, 5) is 28.0. The van der Waals surface area contributed by atoms with Gasteiger partial charge in [-0.25, -0.2) is 0 Å². The standard InChI is InChI=1S/C14H18BrNO4/c1-4-20-13(19)14(9(2)3,12(17)18)7-11-6-5-10(15)8-16-11/h5-6,8-9H,4,7H2,1-3H3,(H,17,18). The van der Waals surface area contributed by atoms with Crippen molar-refractivity contribution in [3.63, 3.8) is 0 Å². The summed E-state index contributed by atoms with van der Waals surface area (Å²) in [7, 11) is 0. The van der Waals surface area contributed by atoms with Crippen LogP contribution in [-0.4, -0.2) is 28.6 Å². The highest BCUT2D eigenvalue weighted by atomic mass is 79.9. The van der Waals surface area contributed by atoms with Gasteiger partial charge in [0.15, 0.2) is 5.41 Å². The number of carboxylic acids is 1. The van der Waals surface area contributed by atoms with E-state index in [1.807, 2.05) is 0 Å². The first-order chi connectivity index (χ1) is 9.34. The molecule has 5 nitrogen and oxygen atoms in total. The Morgan fingerprint density at radius 2 is 2.10 bits per heavy atom. The van der Waals surface area contributed by atoms with Gasteiger partial charge in [0.2, 0.25) is 0 Å². The van der Waals surface area contributed by atoms with Gasteiger partial charge in [-0.1, -0.05) is 13.8 Å². The van der Waals surface area contributed by atoms with Crippen LogP contribution in [0.1, 0.15) is 26.5 Å². The van der Waals surface area contributed by atoms with Crippen molar-refractivity contribution in [1.82, 2.24) is 4.98 Å². The molecule has 0 fully saturated rings. The van der Waals surface area contributed by atoms with Gasteiger partial charge in [-0.05, 0) is 40.9 Å². The minimum absolute atomic E-state index is 0.00606. The van der Waals surface area contributed by atoms with Crippen LogP contribution < -0.4 is 0 Å². The quantitative estimate of drug-likeness (QED) is 0.634. The number of aromatic nitrogens is 1. The fourth-order valence-corrected chi connectivity index (χ4v) is 2.21. The first-order valence-corrected chi connectivity index (χ1v) is 7.15. The van der Waals surface area contributed by atoms with E-state index in [4.69, 9.17) is 4.74 Å². The molecular weight excluding hydrogens is 326 g/mol. The zero-order valence-corrected chi connectivity index (χ0v) is 13.3. The number of aliphatic carboxylic acids is 1. The second-order valence-electron chi connectivity index (χ2n) is 4.80. The van der Waals surface area contributed by atoms with Gasteiger partial charge in [0.05, 0.1) is 6.61 Å². The molecule has 1 unspecified atom stereocenters. The summed E-state index contributed by atoms with van der Waals surface area (Å²) in [6.45, 7) is 5.20. The van der Waals surface area contributed by atoms with Crippen LogP contribution in [-0.2, 0) is 20.7 Å². The number of halogens is 1. The molecule has 0 aliphatic heterocycles. The Labute approximate surface area is 126 Å². The number of ether oxygens (including phenoxy) is 1. The largest absolute Gasteiger partial charge is 0.480 e. The lowest BCUT2D eigenvalue weighted by molar-refractivity contribution is -0.172. The average Bonchev–Trinajstić information content (AvgIpc) is 2.37. The Balaban J connectivity index is 3.19. The van der Waals surface area contributed by atoms with Crippen molar-refractivity contribution < 1.29 is 19.4 Å². The highest BCUT2D eigenvalue weighted by molar-refractivity contribution is 9.10. The molecule has 1 N–H and O–H groups in total. The molecule has 0 radical (unpaired) electrons. The molecule has 1 aromatic rings. The van der Waals surface area contributed by atoms with Crippen LogP contribution in [0.3, 0.4) is 0 Å². The van der Waals surface area contributed by atoms with E-state index in [0.29, 0.717) is 5.69 Å². The molecule has 0 amide bonds. The molecule has 0 spiro atoms. The topological polar surface area (TPSA) is 76.5 Å². The van der Waals surface area contributed by atoms with Gasteiger partial charge in [0.25, 0.3) is 0 Å². The van der Waals surface area contributed by atoms with Gasteiger partial charge in [0.1, 0.15) is 0 Å². The fraction of sp³-hybridized carbons (Fsp3) is 0.500. The van der Waals surface area contributed by atoms with Gasteiger partial charge in [-0.3, -0.25) is 14.6 Å². The minimum Gasteiger partial charge on any atom is -0.480 e. The number of rotatable bonds is 6. The van der Waals surface area contributed by atoms with Crippen LogP contribution in [0, 0.1) is 11.3 Å². The Kier molecular flexibility index (Phi) is 5.68. The number of carbonyl (C=O) groups is 2. The lowest BCUT2D eigenvalue weighted by Gasteiger charge is -2.30. The summed E-state index contributed by atoms with van der Waals surface area (Å²) in [6, 6.07) is 3.46. The molecule has 1 aromatic heterocycles. The van der Waals surface area contributed by atoms with Crippen LogP contribution in [0.2, 0.25) is 0 Å². The van der Waals surface area contributed by atoms with E-state index in [0.717, 1.165) is 4.47 Å². The molecule has 20 heavy (non-hydrogen) atoms. The van der Waals surface area contributed by atoms with Crippen molar-refractivity contribution >= 4 is 27.9 Å². The molecule has 0 aromatic carbocycles. The molecule has 1 atom stereocenters. The van der Waals surface area contributed by atoms with Crippen LogP contribution in [0.25, 0.3) is 0 Å². The summed E-state index contributed by atoms with van der Waals surface area (Å²) < 4.78 is 5.76. The molecule has 0 aliphatic carbocycles. The van der Waals surface area contributed by atoms with Crippen molar-refractivity contribution in [1.29, 1.82) is 0 Å². The number of carbonyl (C=O) groups excluding carboxylic acids is 1. The fourth-order valence-electron chi connectivity index (χ4n) is 1.98. The Morgan fingerprint density at radius 3 is 2.50 bits per heavy atom. The van der Waals surface area contributed by atoms with Crippen molar-refractivity contribution in [2.24, 2.45) is 11.3 Å². The summed E-state index contributed by atoms with van der Waals surface area (Å²) in [5.41, 5.74) is -1.08. The number of carboxylic acid groups (broad SMARTS) is 1. The number of esters is 1.